The summed E-state index contributed by atoms with van der Waals surface area (Å²) >= 11 is 0. The molecule has 2 rings (SSSR count). The van der Waals surface area contributed by atoms with Crippen molar-refractivity contribution >= 4 is 0 Å². The zero-order valence-electron chi connectivity index (χ0n) is 14.0. The van der Waals surface area contributed by atoms with Crippen molar-refractivity contribution in [3.63, 3.8) is 0 Å². The van der Waals surface area contributed by atoms with Gasteiger partial charge in [-0.1, -0.05) is 26.2 Å². The molecule has 0 radical (unpaired) electrons. The van der Waals surface area contributed by atoms with E-state index in [4.69, 9.17) is 5.11 Å². The van der Waals surface area contributed by atoms with Gasteiger partial charge in [0.15, 0.2) is 0 Å². The van der Waals surface area contributed by atoms with Crippen LogP contribution in [0, 0.1) is 0 Å². The monoisotopic (exact) mass is 284 g/mol. The molecular formula is C17H36N2O. The second-order valence-electron chi connectivity index (χ2n) is 6.56. The van der Waals surface area contributed by atoms with Crippen LogP contribution in [0.2, 0.25) is 0 Å². The molecule has 0 saturated carbocycles. The van der Waals surface area contributed by atoms with Gasteiger partial charge in [-0.15, -0.1) is 0 Å². The summed E-state index contributed by atoms with van der Waals surface area (Å²) in [7, 11) is 4.42. The van der Waals surface area contributed by atoms with E-state index in [9.17, 15) is 0 Å². The third-order valence-corrected chi connectivity index (χ3v) is 4.93. The van der Waals surface area contributed by atoms with Crippen LogP contribution in [0.25, 0.3) is 0 Å². The SMILES string of the molecule is CCCC1CCCCN1C.CN1CCCCC1CCO. The van der Waals surface area contributed by atoms with E-state index in [0.717, 1.165) is 12.5 Å². The number of nitrogens with zero attached hydrogens (tertiary/aromatic N) is 2. The summed E-state index contributed by atoms with van der Waals surface area (Å²) in [4.78, 5) is 4.88. The van der Waals surface area contributed by atoms with Crippen molar-refractivity contribution in [3.05, 3.63) is 0 Å². The first-order valence-corrected chi connectivity index (χ1v) is 8.70. The van der Waals surface area contributed by atoms with Gasteiger partial charge in [0.05, 0.1) is 0 Å². The number of hydrogen-bond acceptors (Lipinski definition) is 3. The Balaban J connectivity index is 0.000000200. The summed E-state index contributed by atoms with van der Waals surface area (Å²) in [5, 5.41) is 8.71. The van der Waals surface area contributed by atoms with Gasteiger partial charge in [0.1, 0.15) is 0 Å². The summed E-state index contributed by atoms with van der Waals surface area (Å²) in [6.45, 7) is 5.16. The lowest BCUT2D eigenvalue weighted by Gasteiger charge is -2.32. The van der Waals surface area contributed by atoms with Crippen LogP contribution in [0.5, 0.6) is 0 Å². The number of piperidine rings is 2. The first-order valence-electron chi connectivity index (χ1n) is 8.70. The zero-order chi connectivity index (χ0) is 14.8. The van der Waals surface area contributed by atoms with Crippen molar-refractivity contribution in [2.75, 3.05) is 33.8 Å². The molecule has 2 fully saturated rings. The quantitative estimate of drug-likeness (QED) is 0.859. The van der Waals surface area contributed by atoms with Crippen LogP contribution in [-0.4, -0.2) is 60.8 Å². The molecule has 2 heterocycles. The van der Waals surface area contributed by atoms with E-state index >= 15 is 0 Å². The Morgan fingerprint density at radius 3 is 1.75 bits per heavy atom. The number of hydrogen-bond donors (Lipinski definition) is 1. The molecule has 3 nitrogen and oxygen atoms in total. The zero-order valence-corrected chi connectivity index (χ0v) is 14.0. The maximum Gasteiger partial charge on any atom is 0.0445 e. The third-order valence-electron chi connectivity index (χ3n) is 4.93. The Morgan fingerprint density at radius 1 is 0.850 bits per heavy atom. The molecule has 0 aromatic carbocycles. The van der Waals surface area contributed by atoms with E-state index in [0.29, 0.717) is 12.6 Å². The highest BCUT2D eigenvalue weighted by atomic mass is 16.3. The largest absolute Gasteiger partial charge is 0.396 e. The molecule has 2 saturated heterocycles. The predicted octanol–water partition coefficient (Wildman–Crippen LogP) is 3.12. The topological polar surface area (TPSA) is 26.7 Å². The standard InChI is InChI=1S/C9H19N.C8H17NO/c1-3-6-9-7-4-5-8-10(9)2;1-9-6-3-2-4-8(9)5-7-10/h9H,3-8H2,1-2H3;8,10H,2-7H2,1H3. The lowest BCUT2D eigenvalue weighted by Crippen LogP contribution is -2.36. The molecule has 0 amide bonds. The summed E-state index contributed by atoms with van der Waals surface area (Å²) < 4.78 is 0. The summed E-state index contributed by atoms with van der Waals surface area (Å²) in [6, 6.07) is 1.55. The van der Waals surface area contributed by atoms with E-state index in [1.807, 2.05) is 0 Å². The predicted molar refractivity (Wildman–Crippen MR) is 87.1 cm³/mol. The van der Waals surface area contributed by atoms with Crippen LogP contribution in [0.1, 0.15) is 64.7 Å². The second kappa shape index (κ2) is 10.6. The van der Waals surface area contributed by atoms with Gasteiger partial charge in [0, 0.05) is 18.7 Å². The van der Waals surface area contributed by atoms with Crippen LogP contribution < -0.4 is 0 Å². The van der Waals surface area contributed by atoms with E-state index in [1.165, 1.54) is 64.5 Å². The highest BCUT2D eigenvalue weighted by molar-refractivity contribution is 4.73. The number of likely N-dealkylation sites (tertiary alicyclic amines) is 2. The molecule has 0 aliphatic carbocycles. The van der Waals surface area contributed by atoms with E-state index < -0.39 is 0 Å². The van der Waals surface area contributed by atoms with Crippen molar-refractivity contribution in [1.82, 2.24) is 9.80 Å². The molecule has 0 bridgehead atoms. The summed E-state index contributed by atoms with van der Waals surface area (Å²) in [5.41, 5.74) is 0. The van der Waals surface area contributed by atoms with Crippen molar-refractivity contribution < 1.29 is 5.11 Å². The van der Waals surface area contributed by atoms with Crippen LogP contribution in [0.15, 0.2) is 0 Å². The van der Waals surface area contributed by atoms with Crippen LogP contribution in [-0.2, 0) is 0 Å². The van der Waals surface area contributed by atoms with Gasteiger partial charge in [-0.25, -0.2) is 0 Å². The molecule has 2 unspecified atom stereocenters. The number of aliphatic hydroxyl groups excluding tert-OH is 1. The smallest absolute Gasteiger partial charge is 0.0445 e. The lowest BCUT2D eigenvalue weighted by molar-refractivity contribution is 0.147. The van der Waals surface area contributed by atoms with E-state index in [2.05, 4.69) is 30.8 Å². The average Bonchev–Trinajstić information content (AvgIpc) is 2.45. The Labute approximate surface area is 126 Å². The minimum Gasteiger partial charge on any atom is -0.396 e. The maximum atomic E-state index is 8.71. The van der Waals surface area contributed by atoms with E-state index in [1.54, 1.807) is 0 Å². The number of rotatable bonds is 4. The Hall–Kier alpha value is -0.120. The van der Waals surface area contributed by atoms with Gasteiger partial charge in [-0.05, 0) is 65.7 Å². The molecule has 1 N–H and O–H groups in total. The fourth-order valence-corrected chi connectivity index (χ4v) is 3.50. The first kappa shape index (κ1) is 17.9. The molecule has 0 spiro atoms. The van der Waals surface area contributed by atoms with Gasteiger partial charge in [-0.3, -0.25) is 0 Å². The normalized spacial score (nSPS) is 28.8. The maximum absolute atomic E-state index is 8.71. The molecule has 2 aliphatic heterocycles. The Morgan fingerprint density at radius 2 is 1.35 bits per heavy atom. The molecule has 3 heteroatoms. The van der Waals surface area contributed by atoms with Gasteiger partial charge in [-0.2, -0.15) is 0 Å². The average molecular weight is 284 g/mol. The third kappa shape index (κ3) is 6.55. The summed E-state index contributed by atoms with van der Waals surface area (Å²) in [5.74, 6) is 0. The van der Waals surface area contributed by atoms with Gasteiger partial charge in [0.2, 0.25) is 0 Å². The fraction of sp³-hybridized carbons (Fsp3) is 1.00. The fourth-order valence-electron chi connectivity index (χ4n) is 3.50. The molecule has 2 aliphatic rings. The van der Waals surface area contributed by atoms with Crippen molar-refractivity contribution in [2.45, 2.75) is 76.8 Å². The first-order chi connectivity index (χ1) is 9.69. The number of aliphatic hydroxyl groups is 1. The van der Waals surface area contributed by atoms with Crippen LogP contribution in [0.4, 0.5) is 0 Å². The molecule has 0 aromatic heterocycles. The minimum atomic E-state index is 0.342. The highest BCUT2D eigenvalue weighted by Gasteiger charge is 2.17. The van der Waals surface area contributed by atoms with Gasteiger partial charge < -0.3 is 14.9 Å². The molecule has 120 valence electrons. The van der Waals surface area contributed by atoms with Crippen molar-refractivity contribution in [1.29, 1.82) is 0 Å². The molecular weight excluding hydrogens is 248 g/mol. The van der Waals surface area contributed by atoms with Gasteiger partial charge in [0.25, 0.3) is 0 Å². The van der Waals surface area contributed by atoms with Crippen LogP contribution >= 0.6 is 0 Å². The molecule has 20 heavy (non-hydrogen) atoms. The van der Waals surface area contributed by atoms with Gasteiger partial charge >= 0.3 is 0 Å². The molecule has 2 atom stereocenters. The van der Waals surface area contributed by atoms with E-state index in [-0.39, 0.29) is 0 Å². The highest BCUT2D eigenvalue weighted by Crippen LogP contribution is 2.18. The molecule has 0 aromatic rings. The Kier molecular flexibility index (Phi) is 9.49. The Bertz CT molecular complexity index is 207. The second-order valence-corrected chi connectivity index (χ2v) is 6.56. The van der Waals surface area contributed by atoms with Crippen LogP contribution in [0.3, 0.4) is 0 Å². The minimum absolute atomic E-state index is 0.342. The van der Waals surface area contributed by atoms with Crippen molar-refractivity contribution in [2.24, 2.45) is 0 Å². The lowest BCUT2D eigenvalue weighted by atomic mass is 9.99. The van der Waals surface area contributed by atoms with Crippen molar-refractivity contribution in [3.8, 4) is 0 Å². The summed E-state index contributed by atoms with van der Waals surface area (Å²) in [6.07, 6.45) is 11.9.